The van der Waals surface area contributed by atoms with Crippen LogP contribution in [0.2, 0.25) is 0 Å². The number of carboxylic acids is 1. The largest absolute Gasteiger partial charge is 0.481 e. The van der Waals surface area contributed by atoms with Gasteiger partial charge in [-0.2, -0.15) is 0 Å². The molecule has 20 heavy (non-hydrogen) atoms. The molecule has 0 aromatic rings. The second-order valence-corrected chi connectivity index (χ2v) is 4.89. The predicted octanol–water partition coefficient (Wildman–Crippen LogP) is 0.655. The Balaban J connectivity index is 3.78. The highest BCUT2D eigenvalue weighted by atomic mass is 16.4. The van der Waals surface area contributed by atoms with E-state index < -0.39 is 5.97 Å². The summed E-state index contributed by atoms with van der Waals surface area (Å²) in [7, 11) is 3.24. The summed E-state index contributed by atoms with van der Waals surface area (Å²) in [4.78, 5) is 34.6. The van der Waals surface area contributed by atoms with Crippen LogP contribution in [0.5, 0.6) is 0 Å². The third-order valence-electron chi connectivity index (χ3n) is 3.08. The number of rotatable bonds is 9. The number of urea groups is 1. The zero-order chi connectivity index (χ0) is 15.5. The molecule has 0 aliphatic rings. The molecule has 0 spiro atoms. The predicted molar refractivity (Wildman–Crippen MR) is 75.4 cm³/mol. The van der Waals surface area contributed by atoms with Gasteiger partial charge in [0.15, 0.2) is 0 Å². The van der Waals surface area contributed by atoms with Crippen LogP contribution in [-0.4, -0.2) is 55.1 Å². The van der Waals surface area contributed by atoms with Crippen molar-refractivity contribution in [1.82, 2.24) is 15.5 Å². The van der Waals surface area contributed by atoms with Crippen molar-refractivity contribution >= 4 is 17.9 Å². The van der Waals surface area contributed by atoms with Crippen LogP contribution >= 0.6 is 0 Å². The number of carbonyl (C=O) groups is 3. The summed E-state index contributed by atoms with van der Waals surface area (Å²) in [5.74, 6) is -0.681. The van der Waals surface area contributed by atoms with Crippen LogP contribution in [0.4, 0.5) is 4.79 Å². The molecule has 0 saturated carbocycles. The van der Waals surface area contributed by atoms with Crippen molar-refractivity contribution in [2.75, 3.05) is 27.2 Å². The number of hydrogen-bond acceptors (Lipinski definition) is 3. The summed E-state index contributed by atoms with van der Waals surface area (Å²) < 4.78 is 0. The number of likely N-dealkylation sites (N-methyl/N-ethyl adjacent to an activating group) is 1. The number of hydrogen-bond donors (Lipinski definition) is 3. The molecule has 0 rings (SSSR count). The standard InChI is InChI=1S/C13H25N3O4/c1-4-10(5-6-12(18)19)7-8-14-13(20)15-9-11(17)16(2)3/h10H,4-9H2,1-3H3,(H,18,19)(H2,14,15,20). The third kappa shape index (κ3) is 9.18. The van der Waals surface area contributed by atoms with Crippen LogP contribution in [0.25, 0.3) is 0 Å². The van der Waals surface area contributed by atoms with E-state index in [9.17, 15) is 14.4 Å². The first-order valence-electron chi connectivity index (χ1n) is 6.80. The third-order valence-corrected chi connectivity index (χ3v) is 3.08. The Labute approximate surface area is 119 Å². The van der Waals surface area contributed by atoms with Gasteiger partial charge < -0.3 is 20.6 Å². The Morgan fingerprint density at radius 2 is 1.80 bits per heavy atom. The van der Waals surface area contributed by atoms with Gasteiger partial charge in [-0.05, 0) is 18.8 Å². The molecule has 3 amide bonds. The number of carbonyl (C=O) groups excluding carboxylic acids is 2. The molecule has 0 aliphatic heterocycles. The quantitative estimate of drug-likeness (QED) is 0.580. The van der Waals surface area contributed by atoms with E-state index in [1.54, 1.807) is 14.1 Å². The van der Waals surface area contributed by atoms with Crippen molar-refractivity contribution in [2.24, 2.45) is 5.92 Å². The van der Waals surface area contributed by atoms with Gasteiger partial charge in [0, 0.05) is 27.1 Å². The van der Waals surface area contributed by atoms with Crippen LogP contribution in [0.1, 0.15) is 32.6 Å². The zero-order valence-corrected chi connectivity index (χ0v) is 12.4. The van der Waals surface area contributed by atoms with E-state index in [0.29, 0.717) is 13.0 Å². The SMILES string of the molecule is CCC(CCNC(=O)NCC(=O)N(C)C)CCC(=O)O. The minimum Gasteiger partial charge on any atom is -0.481 e. The Hall–Kier alpha value is -1.79. The first kappa shape index (κ1) is 18.2. The molecule has 0 radical (unpaired) electrons. The summed E-state index contributed by atoms with van der Waals surface area (Å²) in [5.41, 5.74) is 0. The molecule has 0 heterocycles. The summed E-state index contributed by atoms with van der Waals surface area (Å²) in [5, 5.41) is 13.8. The maximum absolute atomic E-state index is 11.4. The normalized spacial score (nSPS) is 11.6. The van der Waals surface area contributed by atoms with Gasteiger partial charge in [0.05, 0.1) is 6.54 Å². The van der Waals surface area contributed by atoms with E-state index >= 15 is 0 Å². The first-order chi connectivity index (χ1) is 9.36. The maximum Gasteiger partial charge on any atom is 0.315 e. The van der Waals surface area contributed by atoms with Gasteiger partial charge >= 0.3 is 12.0 Å². The minimum atomic E-state index is -0.795. The first-order valence-corrected chi connectivity index (χ1v) is 6.80. The number of nitrogens with zero attached hydrogens (tertiary/aromatic N) is 1. The smallest absolute Gasteiger partial charge is 0.315 e. The highest BCUT2D eigenvalue weighted by Crippen LogP contribution is 2.14. The fraction of sp³-hybridized carbons (Fsp3) is 0.769. The molecule has 7 nitrogen and oxygen atoms in total. The van der Waals surface area contributed by atoms with Gasteiger partial charge in [0.25, 0.3) is 0 Å². The molecule has 7 heteroatoms. The van der Waals surface area contributed by atoms with Gasteiger partial charge in [-0.25, -0.2) is 4.79 Å². The molecular formula is C13H25N3O4. The van der Waals surface area contributed by atoms with Crippen LogP contribution in [0, 0.1) is 5.92 Å². The second kappa shape index (κ2) is 10.1. The van der Waals surface area contributed by atoms with Gasteiger partial charge in [-0.3, -0.25) is 9.59 Å². The van der Waals surface area contributed by atoms with E-state index in [1.807, 2.05) is 6.92 Å². The van der Waals surface area contributed by atoms with Gasteiger partial charge in [0.2, 0.25) is 5.91 Å². The van der Waals surface area contributed by atoms with E-state index in [-0.39, 0.29) is 30.8 Å². The Kier molecular flexibility index (Phi) is 9.15. The number of carboxylic acid groups (broad SMARTS) is 1. The lowest BCUT2D eigenvalue weighted by Crippen LogP contribution is -2.42. The molecule has 0 saturated heterocycles. The van der Waals surface area contributed by atoms with E-state index in [0.717, 1.165) is 12.8 Å². The number of aliphatic carboxylic acids is 1. The average molecular weight is 287 g/mol. The second-order valence-electron chi connectivity index (χ2n) is 4.89. The van der Waals surface area contributed by atoms with E-state index in [4.69, 9.17) is 5.11 Å². The summed E-state index contributed by atoms with van der Waals surface area (Å²) >= 11 is 0. The van der Waals surface area contributed by atoms with Crippen LogP contribution in [-0.2, 0) is 9.59 Å². The molecule has 1 atom stereocenters. The van der Waals surface area contributed by atoms with Crippen molar-refractivity contribution in [3.05, 3.63) is 0 Å². The average Bonchev–Trinajstić information content (AvgIpc) is 2.39. The molecule has 0 fully saturated rings. The van der Waals surface area contributed by atoms with Crippen LogP contribution in [0.15, 0.2) is 0 Å². The summed E-state index contributed by atoms with van der Waals surface area (Å²) in [6.07, 6.45) is 2.39. The monoisotopic (exact) mass is 287 g/mol. The number of nitrogens with one attached hydrogen (secondary N) is 2. The van der Waals surface area contributed by atoms with Crippen molar-refractivity contribution in [3.8, 4) is 0 Å². The van der Waals surface area contributed by atoms with E-state index in [2.05, 4.69) is 10.6 Å². The Morgan fingerprint density at radius 3 is 2.30 bits per heavy atom. The number of amides is 3. The Bertz CT molecular complexity index is 332. The molecule has 1 unspecified atom stereocenters. The molecule has 0 aliphatic carbocycles. The minimum absolute atomic E-state index is 0.0327. The van der Waals surface area contributed by atoms with Crippen LogP contribution < -0.4 is 10.6 Å². The molecule has 3 N–H and O–H groups in total. The van der Waals surface area contributed by atoms with Crippen LogP contribution in [0.3, 0.4) is 0 Å². The lowest BCUT2D eigenvalue weighted by molar-refractivity contribution is -0.137. The van der Waals surface area contributed by atoms with Gasteiger partial charge in [-0.15, -0.1) is 0 Å². The highest BCUT2D eigenvalue weighted by Gasteiger charge is 2.10. The molecule has 0 aromatic heterocycles. The van der Waals surface area contributed by atoms with Crippen molar-refractivity contribution in [3.63, 3.8) is 0 Å². The lowest BCUT2D eigenvalue weighted by Gasteiger charge is -2.15. The topological polar surface area (TPSA) is 98.7 Å². The van der Waals surface area contributed by atoms with Gasteiger partial charge in [-0.1, -0.05) is 13.3 Å². The van der Waals surface area contributed by atoms with Crippen molar-refractivity contribution in [1.29, 1.82) is 0 Å². The summed E-state index contributed by atoms with van der Waals surface area (Å²) in [6, 6.07) is -0.381. The Morgan fingerprint density at radius 1 is 1.15 bits per heavy atom. The highest BCUT2D eigenvalue weighted by molar-refractivity contribution is 5.83. The summed E-state index contributed by atoms with van der Waals surface area (Å²) in [6.45, 7) is 2.44. The van der Waals surface area contributed by atoms with E-state index in [1.165, 1.54) is 4.90 Å². The maximum atomic E-state index is 11.4. The fourth-order valence-electron chi connectivity index (χ4n) is 1.65. The molecule has 0 bridgehead atoms. The molecule has 0 aromatic carbocycles. The van der Waals surface area contributed by atoms with Crippen molar-refractivity contribution in [2.45, 2.75) is 32.6 Å². The fourth-order valence-corrected chi connectivity index (χ4v) is 1.65. The molecular weight excluding hydrogens is 262 g/mol. The van der Waals surface area contributed by atoms with Gasteiger partial charge in [0.1, 0.15) is 0 Å². The molecule has 116 valence electrons. The van der Waals surface area contributed by atoms with Crippen molar-refractivity contribution < 1.29 is 19.5 Å². The lowest BCUT2D eigenvalue weighted by atomic mass is 9.97. The zero-order valence-electron chi connectivity index (χ0n) is 12.4.